The summed E-state index contributed by atoms with van der Waals surface area (Å²) in [6, 6.07) is 4.73. The Bertz CT molecular complexity index is 401. The van der Waals surface area contributed by atoms with Crippen LogP contribution in [-0.4, -0.2) is 31.6 Å². The molecular formula is C12H14F3NO2. The quantitative estimate of drug-likeness (QED) is 0.832. The molecule has 1 amide bonds. The van der Waals surface area contributed by atoms with Crippen LogP contribution in [0.2, 0.25) is 0 Å². The van der Waals surface area contributed by atoms with E-state index in [0.717, 1.165) is 12.1 Å². The van der Waals surface area contributed by atoms with Gasteiger partial charge < -0.3 is 9.64 Å². The number of nitrogens with zero attached hydrogens (tertiary/aromatic N) is 1. The Morgan fingerprint density at radius 2 is 1.83 bits per heavy atom. The third-order valence-electron chi connectivity index (χ3n) is 2.39. The molecule has 18 heavy (non-hydrogen) atoms. The van der Waals surface area contributed by atoms with Gasteiger partial charge in [-0.3, -0.25) is 4.79 Å². The lowest BCUT2D eigenvalue weighted by atomic mass is 10.1. The van der Waals surface area contributed by atoms with Gasteiger partial charge in [-0.05, 0) is 17.7 Å². The fourth-order valence-electron chi connectivity index (χ4n) is 1.39. The van der Waals surface area contributed by atoms with E-state index in [9.17, 15) is 18.0 Å². The minimum Gasteiger partial charge on any atom is -0.375 e. The second-order valence-electron chi connectivity index (χ2n) is 3.88. The highest BCUT2D eigenvalue weighted by Crippen LogP contribution is 2.29. The maximum atomic E-state index is 12.3. The normalized spacial score (nSPS) is 11.4. The number of hydrogen-bond acceptors (Lipinski definition) is 2. The Morgan fingerprint density at radius 1 is 1.28 bits per heavy atom. The Balaban J connectivity index is 2.67. The maximum Gasteiger partial charge on any atom is 0.416 e. The summed E-state index contributed by atoms with van der Waals surface area (Å²) in [5.74, 6) is -0.225. The van der Waals surface area contributed by atoms with Crippen LogP contribution in [0.3, 0.4) is 0 Å². The standard InChI is InChI=1S/C12H14F3NO2/c1-16(11(17)8-18-2)7-9-3-5-10(6-4-9)12(13,14)15/h3-6H,7-8H2,1-2H3. The van der Waals surface area contributed by atoms with Crippen LogP contribution in [0.25, 0.3) is 0 Å². The molecule has 0 unspecified atom stereocenters. The van der Waals surface area contributed by atoms with Crippen LogP contribution in [0.15, 0.2) is 24.3 Å². The molecule has 0 aliphatic rings. The van der Waals surface area contributed by atoms with Crippen molar-refractivity contribution in [3.05, 3.63) is 35.4 Å². The molecule has 0 saturated heterocycles. The maximum absolute atomic E-state index is 12.3. The Morgan fingerprint density at radius 3 is 2.28 bits per heavy atom. The lowest BCUT2D eigenvalue weighted by molar-refractivity contribution is -0.137. The van der Waals surface area contributed by atoms with E-state index in [0.29, 0.717) is 5.56 Å². The van der Waals surface area contributed by atoms with Crippen LogP contribution in [0.5, 0.6) is 0 Å². The zero-order chi connectivity index (χ0) is 13.8. The largest absolute Gasteiger partial charge is 0.416 e. The number of carbonyl (C=O) groups excluding carboxylic acids is 1. The van der Waals surface area contributed by atoms with Crippen molar-refractivity contribution in [1.29, 1.82) is 0 Å². The molecule has 0 aliphatic carbocycles. The number of alkyl halides is 3. The third-order valence-corrected chi connectivity index (χ3v) is 2.39. The van der Waals surface area contributed by atoms with Crippen molar-refractivity contribution in [3.63, 3.8) is 0 Å². The molecule has 1 rings (SSSR count). The molecule has 1 aromatic rings. The molecule has 0 fully saturated rings. The van der Waals surface area contributed by atoms with Gasteiger partial charge in [0.2, 0.25) is 5.91 Å². The molecule has 0 aromatic heterocycles. The highest BCUT2D eigenvalue weighted by Gasteiger charge is 2.29. The molecule has 0 radical (unpaired) electrons. The first-order chi connectivity index (χ1) is 8.34. The van der Waals surface area contributed by atoms with E-state index >= 15 is 0 Å². The molecule has 0 saturated carbocycles. The van der Waals surface area contributed by atoms with Gasteiger partial charge >= 0.3 is 6.18 Å². The molecule has 0 N–H and O–H groups in total. The van der Waals surface area contributed by atoms with E-state index in [1.54, 1.807) is 7.05 Å². The van der Waals surface area contributed by atoms with E-state index in [1.165, 1.54) is 24.1 Å². The smallest absolute Gasteiger partial charge is 0.375 e. The van der Waals surface area contributed by atoms with E-state index < -0.39 is 11.7 Å². The number of hydrogen-bond donors (Lipinski definition) is 0. The number of amides is 1. The monoisotopic (exact) mass is 261 g/mol. The van der Waals surface area contributed by atoms with Gasteiger partial charge in [0.05, 0.1) is 5.56 Å². The molecule has 0 aliphatic heterocycles. The fraction of sp³-hybridized carbons (Fsp3) is 0.417. The Labute approximate surface area is 103 Å². The number of ether oxygens (including phenoxy) is 1. The number of rotatable bonds is 4. The van der Waals surface area contributed by atoms with Gasteiger partial charge in [0.25, 0.3) is 0 Å². The summed E-state index contributed by atoms with van der Waals surface area (Å²) in [6.45, 7) is 0.206. The van der Waals surface area contributed by atoms with Crippen molar-refractivity contribution in [3.8, 4) is 0 Å². The van der Waals surface area contributed by atoms with Crippen LogP contribution in [0, 0.1) is 0 Å². The average molecular weight is 261 g/mol. The van der Waals surface area contributed by atoms with Crippen molar-refractivity contribution in [1.82, 2.24) is 4.90 Å². The molecule has 6 heteroatoms. The number of benzene rings is 1. The number of carbonyl (C=O) groups is 1. The van der Waals surface area contributed by atoms with Gasteiger partial charge in [-0.25, -0.2) is 0 Å². The van der Waals surface area contributed by atoms with Crippen molar-refractivity contribution >= 4 is 5.91 Å². The van der Waals surface area contributed by atoms with E-state index in [-0.39, 0.29) is 19.1 Å². The number of methoxy groups -OCH3 is 1. The Hall–Kier alpha value is -1.56. The second kappa shape index (κ2) is 5.86. The zero-order valence-electron chi connectivity index (χ0n) is 10.1. The van der Waals surface area contributed by atoms with E-state index in [4.69, 9.17) is 0 Å². The first-order valence-corrected chi connectivity index (χ1v) is 5.23. The predicted molar refractivity (Wildman–Crippen MR) is 59.8 cm³/mol. The molecule has 0 heterocycles. The van der Waals surface area contributed by atoms with E-state index in [1.807, 2.05) is 0 Å². The highest BCUT2D eigenvalue weighted by atomic mass is 19.4. The molecule has 3 nitrogen and oxygen atoms in total. The van der Waals surface area contributed by atoms with Crippen LogP contribution < -0.4 is 0 Å². The van der Waals surface area contributed by atoms with Crippen LogP contribution >= 0.6 is 0 Å². The van der Waals surface area contributed by atoms with Crippen LogP contribution in [0.1, 0.15) is 11.1 Å². The summed E-state index contributed by atoms with van der Waals surface area (Å²) in [7, 11) is 2.98. The molecule has 0 bridgehead atoms. The first kappa shape index (κ1) is 14.5. The van der Waals surface area contributed by atoms with Crippen LogP contribution in [0.4, 0.5) is 13.2 Å². The van der Waals surface area contributed by atoms with Crippen molar-refractivity contribution in [2.75, 3.05) is 20.8 Å². The highest BCUT2D eigenvalue weighted by molar-refractivity contribution is 5.77. The third kappa shape index (κ3) is 4.03. The molecule has 100 valence electrons. The number of likely N-dealkylation sites (N-methyl/N-ethyl adjacent to an activating group) is 1. The first-order valence-electron chi connectivity index (χ1n) is 5.23. The minimum absolute atomic E-state index is 0.0445. The van der Waals surface area contributed by atoms with Gasteiger partial charge in [0.1, 0.15) is 6.61 Å². The van der Waals surface area contributed by atoms with Crippen molar-refractivity contribution < 1.29 is 22.7 Å². The zero-order valence-corrected chi connectivity index (χ0v) is 10.1. The molecule has 0 spiro atoms. The SMILES string of the molecule is COCC(=O)N(C)Cc1ccc(C(F)(F)F)cc1. The molecule has 1 aromatic carbocycles. The molecular weight excluding hydrogens is 247 g/mol. The van der Waals surface area contributed by atoms with Gasteiger partial charge in [0.15, 0.2) is 0 Å². The summed E-state index contributed by atoms with van der Waals surface area (Å²) in [4.78, 5) is 12.8. The fourth-order valence-corrected chi connectivity index (χ4v) is 1.39. The number of halogens is 3. The van der Waals surface area contributed by atoms with Gasteiger partial charge in [-0.15, -0.1) is 0 Å². The average Bonchev–Trinajstić information content (AvgIpc) is 2.28. The van der Waals surface area contributed by atoms with Gasteiger partial charge in [-0.2, -0.15) is 13.2 Å². The second-order valence-corrected chi connectivity index (χ2v) is 3.88. The lowest BCUT2D eigenvalue weighted by Crippen LogP contribution is -2.29. The van der Waals surface area contributed by atoms with Crippen molar-refractivity contribution in [2.24, 2.45) is 0 Å². The topological polar surface area (TPSA) is 29.5 Å². The summed E-state index contributed by atoms with van der Waals surface area (Å²) >= 11 is 0. The van der Waals surface area contributed by atoms with Crippen molar-refractivity contribution in [2.45, 2.75) is 12.7 Å². The molecule has 0 atom stereocenters. The summed E-state index contributed by atoms with van der Waals surface area (Å²) in [5.41, 5.74) is -0.0629. The predicted octanol–water partition coefficient (Wildman–Crippen LogP) is 2.31. The summed E-state index contributed by atoms with van der Waals surface area (Å²) in [6.07, 6.45) is -4.34. The lowest BCUT2D eigenvalue weighted by Gasteiger charge is -2.17. The minimum atomic E-state index is -4.34. The van der Waals surface area contributed by atoms with Crippen LogP contribution in [-0.2, 0) is 22.3 Å². The van der Waals surface area contributed by atoms with Gasteiger partial charge in [-0.1, -0.05) is 12.1 Å². The summed E-state index contributed by atoms with van der Waals surface area (Å²) < 4.78 is 41.7. The van der Waals surface area contributed by atoms with E-state index in [2.05, 4.69) is 4.74 Å². The summed E-state index contributed by atoms with van der Waals surface area (Å²) in [5, 5.41) is 0. The Kier molecular flexibility index (Phi) is 4.72. The van der Waals surface area contributed by atoms with Gasteiger partial charge in [0, 0.05) is 20.7 Å².